The molecule has 0 aromatic heterocycles. The molecule has 5 heteroatoms. The van der Waals surface area contributed by atoms with Crippen LogP contribution < -0.4 is 9.47 Å². The summed E-state index contributed by atoms with van der Waals surface area (Å²) in [5.41, 5.74) is 1.63. The zero-order valence-electron chi connectivity index (χ0n) is 13.2. The third kappa shape index (κ3) is 3.14. The Kier molecular flexibility index (Phi) is 4.48. The maximum Gasteiger partial charge on any atom is 0.255 e. The number of carbonyl (C=O) groups excluding carboxylic acids is 1. The standard InChI is InChI=1S/C18H19NO4/c1-21-15-9-8-14(10-16(15)22-2)18(20)19-11-17(23-12-19)13-6-4-3-5-7-13/h3-10,17H,11-12H2,1-2H3. The molecule has 1 amide bonds. The molecule has 0 aliphatic carbocycles. The van der Waals surface area contributed by atoms with E-state index in [4.69, 9.17) is 14.2 Å². The van der Waals surface area contributed by atoms with Crippen LogP contribution in [0.3, 0.4) is 0 Å². The Bertz CT molecular complexity index is 687. The highest BCUT2D eigenvalue weighted by Crippen LogP contribution is 2.30. The number of nitrogens with zero attached hydrogens (tertiary/aromatic N) is 1. The lowest BCUT2D eigenvalue weighted by molar-refractivity contribution is 0.0630. The van der Waals surface area contributed by atoms with E-state index in [1.165, 1.54) is 0 Å². The third-order valence-electron chi connectivity index (χ3n) is 3.91. The molecule has 1 unspecified atom stereocenters. The SMILES string of the molecule is COc1ccc(C(=O)N2COC(c3ccccc3)C2)cc1OC. The minimum Gasteiger partial charge on any atom is -0.493 e. The lowest BCUT2D eigenvalue weighted by atomic mass is 10.1. The Hall–Kier alpha value is -2.53. The number of methoxy groups -OCH3 is 2. The molecular weight excluding hydrogens is 294 g/mol. The van der Waals surface area contributed by atoms with Gasteiger partial charge < -0.3 is 19.1 Å². The van der Waals surface area contributed by atoms with Gasteiger partial charge in [-0.15, -0.1) is 0 Å². The van der Waals surface area contributed by atoms with Crippen molar-refractivity contribution in [3.05, 3.63) is 59.7 Å². The summed E-state index contributed by atoms with van der Waals surface area (Å²) in [4.78, 5) is 14.3. The molecule has 0 saturated carbocycles. The van der Waals surface area contributed by atoms with Gasteiger partial charge in [0.05, 0.1) is 20.8 Å². The fraction of sp³-hybridized carbons (Fsp3) is 0.278. The first-order chi connectivity index (χ1) is 11.2. The number of hydrogen-bond donors (Lipinski definition) is 0. The quantitative estimate of drug-likeness (QED) is 0.871. The van der Waals surface area contributed by atoms with Crippen molar-refractivity contribution in [2.75, 3.05) is 27.5 Å². The van der Waals surface area contributed by atoms with E-state index in [9.17, 15) is 4.79 Å². The van der Waals surface area contributed by atoms with Crippen molar-refractivity contribution in [2.24, 2.45) is 0 Å². The summed E-state index contributed by atoms with van der Waals surface area (Å²) in [5, 5.41) is 0. The Morgan fingerprint density at radius 2 is 1.83 bits per heavy atom. The summed E-state index contributed by atoms with van der Waals surface area (Å²) in [6.45, 7) is 0.823. The number of rotatable bonds is 4. The van der Waals surface area contributed by atoms with Crippen LogP contribution in [-0.4, -0.2) is 38.3 Å². The molecule has 1 atom stereocenters. The molecule has 1 aliphatic heterocycles. The van der Waals surface area contributed by atoms with E-state index in [0.717, 1.165) is 5.56 Å². The van der Waals surface area contributed by atoms with Gasteiger partial charge in [-0.25, -0.2) is 0 Å². The van der Waals surface area contributed by atoms with E-state index in [2.05, 4.69) is 0 Å². The van der Waals surface area contributed by atoms with Crippen LogP contribution in [0.4, 0.5) is 0 Å². The van der Waals surface area contributed by atoms with Gasteiger partial charge in [-0.3, -0.25) is 4.79 Å². The van der Waals surface area contributed by atoms with Crippen molar-refractivity contribution in [1.82, 2.24) is 4.90 Å². The van der Waals surface area contributed by atoms with E-state index in [0.29, 0.717) is 23.6 Å². The van der Waals surface area contributed by atoms with Crippen LogP contribution in [0.25, 0.3) is 0 Å². The second-order valence-corrected chi connectivity index (χ2v) is 5.29. The Labute approximate surface area is 135 Å². The van der Waals surface area contributed by atoms with E-state index >= 15 is 0 Å². The van der Waals surface area contributed by atoms with Gasteiger partial charge in [-0.2, -0.15) is 0 Å². The molecule has 0 N–H and O–H groups in total. The van der Waals surface area contributed by atoms with Crippen molar-refractivity contribution in [2.45, 2.75) is 6.10 Å². The minimum absolute atomic E-state index is 0.0793. The number of benzene rings is 2. The van der Waals surface area contributed by atoms with Crippen molar-refractivity contribution in [3.8, 4) is 11.5 Å². The highest BCUT2D eigenvalue weighted by atomic mass is 16.5. The van der Waals surface area contributed by atoms with Gasteiger partial charge in [0.25, 0.3) is 5.91 Å². The minimum atomic E-state index is -0.0831. The van der Waals surface area contributed by atoms with Crippen LogP contribution in [0.2, 0.25) is 0 Å². The number of amides is 1. The zero-order valence-corrected chi connectivity index (χ0v) is 13.2. The van der Waals surface area contributed by atoms with E-state index in [1.807, 2.05) is 30.3 Å². The summed E-state index contributed by atoms with van der Waals surface area (Å²) in [5.74, 6) is 1.06. The lowest BCUT2D eigenvalue weighted by Gasteiger charge is -2.15. The van der Waals surface area contributed by atoms with E-state index < -0.39 is 0 Å². The highest BCUT2D eigenvalue weighted by Gasteiger charge is 2.29. The molecule has 3 rings (SSSR count). The first kappa shape index (κ1) is 15.4. The molecule has 23 heavy (non-hydrogen) atoms. The molecule has 0 bridgehead atoms. The fourth-order valence-electron chi connectivity index (χ4n) is 2.65. The van der Waals surface area contributed by atoms with Crippen molar-refractivity contribution < 1.29 is 19.0 Å². The molecule has 2 aromatic rings. The summed E-state index contributed by atoms with van der Waals surface area (Å²) in [7, 11) is 3.12. The molecule has 1 fully saturated rings. The van der Waals surface area contributed by atoms with Gasteiger partial charge in [-0.1, -0.05) is 30.3 Å². The summed E-state index contributed by atoms with van der Waals surface area (Å²) in [6.07, 6.45) is -0.0831. The number of hydrogen-bond acceptors (Lipinski definition) is 4. The molecule has 5 nitrogen and oxygen atoms in total. The second-order valence-electron chi connectivity index (χ2n) is 5.29. The second kappa shape index (κ2) is 6.71. The fourth-order valence-corrected chi connectivity index (χ4v) is 2.65. The van der Waals surface area contributed by atoms with Crippen LogP contribution in [0.5, 0.6) is 11.5 Å². The number of carbonyl (C=O) groups is 1. The topological polar surface area (TPSA) is 48.0 Å². The first-order valence-electron chi connectivity index (χ1n) is 7.40. The normalized spacial score (nSPS) is 17.1. The monoisotopic (exact) mass is 313 g/mol. The van der Waals surface area contributed by atoms with Crippen LogP contribution in [-0.2, 0) is 4.74 Å². The maximum absolute atomic E-state index is 12.6. The molecular formula is C18H19NO4. The Morgan fingerprint density at radius 3 is 2.52 bits per heavy atom. The molecule has 1 heterocycles. The summed E-state index contributed by atoms with van der Waals surface area (Å²) >= 11 is 0. The van der Waals surface area contributed by atoms with Gasteiger partial charge in [-0.05, 0) is 23.8 Å². The Balaban J connectivity index is 1.74. The van der Waals surface area contributed by atoms with Crippen molar-refractivity contribution in [3.63, 3.8) is 0 Å². The third-order valence-corrected chi connectivity index (χ3v) is 3.91. The van der Waals surface area contributed by atoms with Crippen LogP contribution >= 0.6 is 0 Å². The van der Waals surface area contributed by atoms with Gasteiger partial charge in [0, 0.05) is 5.56 Å². The molecule has 0 radical (unpaired) electrons. The Morgan fingerprint density at radius 1 is 1.09 bits per heavy atom. The zero-order chi connectivity index (χ0) is 16.2. The molecule has 120 valence electrons. The molecule has 0 spiro atoms. The lowest BCUT2D eigenvalue weighted by Crippen LogP contribution is -2.28. The number of ether oxygens (including phenoxy) is 3. The van der Waals surface area contributed by atoms with Crippen LogP contribution in [0.1, 0.15) is 22.0 Å². The maximum atomic E-state index is 12.6. The van der Waals surface area contributed by atoms with Crippen LogP contribution in [0, 0.1) is 0 Å². The molecule has 1 aliphatic rings. The van der Waals surface area contributed by atoms with Gasteiger partial charge >= 0.3 is 0 Å². The smallest absolute Gasteiger partial charge is 0.255 e. The predicted molar refractivity (Wildman–Crippen MR) is 85.7 cm³/mol. The average Bonchev–Trinajstić information content (AvgIpc) is 3.11. The van der Waals surface area contributed by atoms with E-state index in [1.54, 1.807) is 37.3 Å². The van der Waals surface area contributed by atoms with Gasteiger partial charge in [0.2, 0.25) is 0 Å². The summed E-state index contributed by atoms with van der Waals surface area (Å²) in [6, 6.07) is 15.1. The predicted octanol–water partition coefficient (Wildman–Crippen LogP) is 2.88. The average molecular weight is 313 g/mol. The largest absolute Gasteiger partial charge is 0.493 e. The summed E-state index contributed by atoms with van der Waals surface area (Å²) < 4.78 is 16.2. The van der Waals surface area contributed by atoms with Gasteiger partial charge in [0.1, 0.15) is 12.8 Å². The van der Waals surface area contributed by atoms with Crippen LogP contribution in [0.15, 0.2) is 48.5 Å². The molecule has 1 saturated heterocycles. The highest BCUT2D eigenvalue weighted by molar-refractivity contribution is 5.95. The first-order valence-corrected chi connectivity index (χ1v) is 7.40. The van der Waals surface area contributed by atoms with Crippen molar-refractivity contribution in [1.29, 1.82) is 0 Å². The van der Waals surface area contributed by atoms with Gasteiger partial charge in [0.15, 0.2) is 11.5 Å². The molecule has 2 aromatic carbocycles. The van der Waals surface area contributed by atoms with E-state index in [-0.39, 0.29) is 18.7 Å². The van der Waals surface area contributed by atoms with Crippen molar-refractivity contribution >= 4 is 5.91 Å².